The van der Waals surface area contributed by atoms with Crippen molar-refractivity contribution in [3.05, 3.63) is 12.7 Å². The second kappa shape index (κ2) is 2.66. The first kappa shape index (κ1) is 8.27. The third-order valence-corrected chi connectivity index (χ3v) is 1.88. The van der Waals surface area contributed by atoms with Gasteiger partial charge in [-0.3, -0.25) is 0 Å². The fourth-order valence-corrected chi connectivity index (χ4v) is 0.825. The zero-order valence-electron chi connectivity index (χ0n) is 6.79. The molecular formula is C8H12O3. The van der Waals surface area contributed by atoms with Gasteiger partial charge in [-0.1, -0.05) is 12.7 Å². The highest BCUT2D eigenvalue weighted by Crippen LogP contribution is 2.36. The number of hydrogen-bond donors (Lipinski definition) is 0. The molecule has 62 valence electrons. The molecule has 1 aliphatic rings. The Morgan fingerprint density at radius 2 is 2.45 bits per heavy atom. The van der Waals surface area contributed by atoms with Gasteiger partial charge in [0.2, 0.25) is 0 Å². The predicted molar refractivity (Wildman–Crippen MR) is 40.1 cm³/mol. The van der Waals surface area contributed by atoms with Crippen molar-refractivity contribution in [2.24, 2.45) is 0 Å². The Kier molecular flexibility index (Phi) is 2.00. The van der Waals surface area contributed by atoms with Crippen molar-refractivity contribution in [3.63, 3.8) is 0 Å². The van der Waals surface area contributed by atoms with Gasteiger partial charge in [0.05, 0.1) is 6.10 Å². The van der Waals surface area contributed by atoms with Crippen LogP contribution in [0.5, 0.6) is 0 Å². The summed E-state index contributed by atoms with van der Waals surface area (Å²) >= 11 is 0. The number of epoxide rings is 1. The van der Waals surface area contributed by atoms with E-state index in [0.29, 0.717) is 0 Å². The van der Waals surface area contributed by atoms with Crippen molar-refractivity contribution in [3.8, 4) is 0 Å². The van der Waals surface area contributed by atoms with Crippen LogP contribution in [0, 0.1) is 0 Å². The molecule has 1 aliphatic heterocycles. The number of esters is 1. The average Bonchev–Trinajstić information content (AvgIpc) is 2.56. The van der Waals surface area contributed by atoms with Crippen molar-refractivity contribution in [2.75, 3.05) is 6.61 Å². The molecule has 0 aromatic rings. The molecule has 0 amide bonds. The van der Waals surface area contributed by atoms with Gasteiger partial charge in [-0.25, -0.2) is 4.79 Å². The summed E-state index contributed by atoms with van der Waals surface area (Å²) in [6, 6.07) is 0. The SMILES string of the molecule is C=CCOC(=O)C1(C)OC1C. The Morgan fingerprint density at radius 1 is 1.91 bits per heavy atom. The number of hydrogen-bond acceptors (Lipinski definition) is 3. The summed E-state index contributed by atoms with van der Waals surface area (Å²) in [4.78, 5) is 11.1. The van der Waals surface area contributed by atoms with E-state index in [1.165, 1.54) is 6.08 Å². The molecule has 3 nitrogen and oxygen atoms in total. The van der Waals surface area contributed by atoms with E-state index in [2.05, 4.69) is 6.58 Å². The maximum absolute atomic E-state index is 11.1. The number of carbonyl (C=O) groups excluding carboxylic acids is 1. The van der Waals surface area contributed by atoms with Crippen LogP contribution >= 0.6 is 0 Å². The normalized spacial score (nSPS) is 34.5. The van der Waals surface area contributed by atoms with Gasteiger partial charge >= 0.3 is 5.97 Å². The molecule has 1 heterocycles. The lowest BCUT2D eigenvalue weighted by atomic mass is 10.1. The molecule has 3 heteroatoms. The molecule has 1 saturated heterocycles. The highest BCUT2D eigenvalue weighted by molar-refractivity contribution is 5.82. The van der Waals surface area contributed by atoms with E-state index < -0.39 is 5.60 Å². The third kappa shape index (κ3) is 1.43. The van der Waals surface area contributed by atoms with Crippen LogP contribution in [0.15, 0.2) is 12.7 Å². The molecule has 0 aromatic carbocycles. The first-order valence-electron chi connectivity index (χ1n) is 3.57. The molecule has 0 bridgehead atoms. The molecule has 0 aromatic heterocycles. The van der Waals surface area contributed by atoms with Gasteiger partial charge in [0.1, 0.15) is 6.61 Å². The Balaban J connectivity index is 2.37. The zero-order chi connectivity index (χ0) is 8.48. The van der Waals surface area contributed by atoms with Crippen LogP contribution in [0.3, 0.4) is 0 Å². The summed E-state index contributed by atoms with van der Waals surface area (Å²) in [6.07, 6.45) is 1.52. The second-order valence-electron chi connectivity index (χ2n) is 2.75. The van der Waals surface area contributed by atoms with Crippen LogP contribution in [0.25, 0.3) is 0 Å². The third-order valence-electron chi connectivity index (χ3n) is 1.88. The Labute approximate surface area is 66.0 Å². The van der Waals surface area contributed by atoms with E-state index in [4.69, 9.17) is 9.47 Å². The van der Waals surface area contributed by atoms with Crippen molar-refractivity contribution in [2.45, 2.75) is 25.6 Å². The number of ether oxygens (including phenoxy) is 2. The molecule has 0 spiro atoms. The van der Waals surface area contributed by atoms with Crippen LogP contribution < -0.4 is 0 Å². The fraction of sp³-hybridized carbons (Fsp3) is 0.625. The topological polar surface area (TPSA) is 38.8 Å². The smallest absolute Gasteiger partial charge is 0.341 e. The summed E-state index contributed by atoms with van der Waals surface area (Å²) in [7, 11) is 0. The molecule has 0 N–H and O–H groups in total. The summed E-state index contributed by atoms with van der Waals surface area (Å²) in [5.41, 5.74) is -0.691. The van der Waals surface area contributed by atoms with E-state index in [0.717, 1.165) is 0 Å². The minimum atomic E-state index is -0.691. The molecule has 2 unspecified atom stereocenters. The lowest BCUT2D eigenvalue weighted by Gasteiger charge is -2.03. The van der Waals surface area contributed by atoms with Crippen molar-refractivity contribution in [1.82, 2.24) is 0 Å². The Morgan fingerprint density at radius 3 is 2.82 bits per heavy atom. The van der Waals surface area contributed by atoms with Gasteiger partial charge in [0.15, 0.2) is 5.60 Å². The molecule has 0 saturated carbocycles. The molecular weight excluding hydrogens is 144 g/mol. The minimum Gasteiger partial charge on any atom is -0.459 e. The standard InChI is InChI=1S/C8H12O3/c1-4-5-10-7(9)8(3)6(2)11-8/h4,6H,1,5H2,2-3H3. The first-order valence-corrected chi connectivity index (χ1v) is 3.57. The van der Waals surface area contributed by atoms with Gasteiger partial charge in [0.25, 0.3) is 0 Å². The molecule has 0 radical (unpaired) electrons. The molecule has 2 atom stereocenters. The van der Waals surface area contributed by atoms with Gasteiger partial charge in [0, 0.05) is 0 Å². The van der Waals surface area contributed by atoms with Gasteiger partial charge < -0.3 is 9.47 Å². The zero-order valence-corrected chi connectivity index (χ0v) is 6.79. The van der Waals surface area contributed by atoms with Crippen LogP contribution in [0.2, 0.25) is 0 Å². The summed E-state index contributed by atoms with van der Waals surface area (Å²) in [5, 5.41) is 0. The van der Waals surface area contributed by atoms with E-state index in [-0.39, 0.29) is 18.7 Å². The van der Waals surface area contributed by atoms with Gasteiger partial charge in [-0.05, 0) is 13.8 Å². The largest absolute Gasteiger partial charge is 0.459 e. The fourth-order valence-electron chi connectivity index (χ4n) is 0.825. The number of rotatable bonds is 3. The highest BCUT2D eigenvalue weighted by Gasteiger charge is 2.57. The van der Waals surface area contributed by atoms with Gasteiger partial charge in [-0.15, -0.1) is 0 Å². The average molecular weight is 156 g/mol. The van der Waals surface area contributed by atoms with Crippen molar-refractivity contribution < 1.29 is 14.3 Å². The van der Waals surface area contributed by atoms with Crippen LogP contribution in [-0.2, 0) is 14.3 Å². The predicted octanol–water partition coefficient (Wildman–Crippen LogP) is 0.893. The lowest BCUT2D eigenvalue weighted by molar-refractivity contribution is -0.148. The lowest BCUT2D eigenvalue weighted by Crippen LogP contribution is -2.25. The Hall–Kier alpha value is -0.830. The molecule has 0 aliphatic carbocycles. The summed E-state index contributed by atoms with van der Waals surface area (Å²) in [6.45, 7) is 7.26. The van der Waals surface area contributed by atoms with E-state index in [1.54, 1.807) is 6.92 Å². The van der Waals surface area contributed by atoms with Crippen molar-refractivity contribution in [1.29, 1.82) is 0 Å². The summed E-state index contributed by atoms with van der Waals surface area (Å²) < 4.78 is 9.86. The second-order valence-corrected chi connectivity index (χ2v) is 2.75. The van der Waals surface area contributed by atoms with E-state index in [9.17, 15) is 4.79 Å². The quantitative estimate of drug-likeness (QED) is 0.346. The maximum Gasteiger partial charge on any atom is 0.341 e. The Bertz CT molecular complexity index is 188. The minimum absolute atomic E-state index is 0.0141. The number of carbonyl (C=O) groups is 1. The maximum atomic E-state index is 11.1. The van der Waals surface area contributed by atoms with Crippen LogP contribution in [-0.4, -0.2) is 24.3 Å². The summed E-state index contributed by atoms with van der Waals surface area (Å²) in [5.74, 6) is -0.301. The first-order chi connectivity index (χ1) is 5.11. The van der Waals surface area contributed by atoms with Crippen LogP contribution in [0.1, 0.15) is 13.8 Å². The van der Waals surface area contributed by atoms with Crippen molar-refractivity contribution >= 4 is 5.97 Å². The van der Waals surface area contributed by atoms with Gasteiger partial charge in [-0.2, -0.15) is 0 Å². The highest BCUT2D eigenvalue weighted by atomic mass is 16.7. The van der Waals surface area contributed by atoms with E-state index >= 15 is 0 Å². The van der Waals surface area contributed by atoms with E-state index in [1.807, 2.05) is 6.92 Å². The molecule has 11 heavy (non-hydrogen) atoms. The monoisotopic (exact) mass is 156 g/mol. The van der Waals surface area contributed by atoms with Crippen LogP contribution in [0.4, 0.5) is 0 Å². The molecule has 1 fully saturated rings. The molecule has 1 rings (SSSR count).